The Labute approximate surface area is 168 Å². The van der Waals surface area contributed by atoms with Crippen LogP contribution < -0.4 is 27.1 Å². The van der Waals surface area contributed by atoms with E-state index in [0.29, 0.717) is 24.3 Å². The molecule has 0 spiro atoms. The Kier molecular flexibility index (Phi) is 7.61. The molecule has 1 atom stereocenters. The lowest BCUT2D eigenvalue weighted by Crippen LogP contribution is -2.38. The second-order valence-corrected chi connectivity index (χ2v) is 6.23. The van der Waals surface area contributed by atoms with E-state index in [4.69, 9.17) is 16.9 Å². The SMILES string of the molecule is CC[C@H](CN)N(C)c1nc(Nc2cccc(N/N=C\C=N)c2)c(C(N)=O)cc1F. The van der Waals surface area contributed by atoms with Gasteiger partial charge in [-0.2, -0.15) is 5.10 Å². The van der Waals surface area contributed by atoms with Crippen LogP contribution in [0.5, 0.6) is 0 Å². The Morgan fingerprint density at radius 2 is 2.14 bits per heavy atom. The first-order chi connectivity index (χ1) is 13.9. The van der Waals surface area contributed by atoms with Crippen molar-refractivity contribution in [3.63, 3.8) is 0 Å². The predicted octanol–water partition coefficient (Wildman–Crippen LogP) is 2.28. The lowest BCUT2D eigenvalue weighted by Gasteiger charge is -2.28. The first-order valence-electron chi connectivity index (χ1n) is 8.99. The molecule has 0 fully saturated rings. The van der Waals surface area contributed by atoms with E-state index in [-0.39, 0.29) is 23.2 Å². The molecule has 7 N–H and O–H groups in total. The number of anilines is 4. The van der Waals surface area contributed by atoms with Gasteiger partial charge in [0, 0.05) is 31.5 Å². The zero-order valence-electron chi connectivity index (χ0n) is 16.3. The van der Waals surface area contributed by atoms with E-state index < -0.39 is 11.7 Å². The number of pyridine rings is 1. The Bertz CT molecular complexity index is 898. The number of hydrogen-bond acceptors (Lipinski definition) is 8. The van der Waals surface area contributed by atoms with Crippen molar-refractivity contribution < 1.29 is 9.18 Å². The minimum atomic E-state index is -0.802. The average Bonchev–Trinajstić information content (AvgIpc) is 2.70. The smallest absolute Gasteiger partial charge is 0.252 e. The highest BCUT2D eigenvalue weighted by Gasteiger charge is 2.21. The molecular weight excluding hydrogens is 375 g/mol. The Hall–Kier alpha value is -3.53. The topological polar surface area (TPSA) is 146 Å². The third-order valence-corrected chi connectivity index (χ3v) is 4.32. The van der Waals surface area contributed by atoms with E-state index >= 15 is 0 Å². The van der Waals surface area contributed by atoms with Crippen LogP contribution in [-0.2, 0) is 0 Å². The molecule has 0 aliphatic heterocycles. The van der Waals surface area contributed by atoms with Crippen LogP contribution in [0.3, 0.4) is 0 Å². The normalized spacial score (nSPS) is 11.9. The molecule has 154 valence electrons. The summed E-state index contributed by atoms with van der Waals surface area (Å²) >= 11 is 0. The number of likely N-dealkylation sites (N-methyl/N-ethyl adjacent to an activating group) is 1. The fourth-order valence-corrected chi connectivity index (χ4v) is 2.73. The van der Waals surface area contributed by atoms with E-state index in [2.05, 4.69) is 20.8 Å². The van der Waals surface area contributed by atoms with Crippen molar-refractivity contribution >= 4 is 41.3 Å². The number of nitrogens with zero attached hydrogens (tertiary/aromatic N) is 3. The van der Waals surface area contributed by atoms with Gasteiger partial charge in [0.1, 0.15) is 5.82 Å². The van der Waals surface area contributed by atoms with Crippen molar-refractivity contribution in [3.05, 3.63) is 41.7 Å². The first-order valence-corrected chi connectivity index (χ1v) is 8.99. The van der Waals surface area contributed by atoms with Crippen molar-refractivity contribution in [2.75, 3.05) is 29.2 Å². The summed E-state index contributed by atoms with van der Waals surface area (Å²) in [4.78, 5) is 17.8. The van der Waals surface area contributed by atoms with E-state index in [1.807, 2.05) is 6.92 Å². The maximum Gasteiger partial charge on any atom is 0.252 e. The summed E-state index contributed by atoms with van der Waals surface area (Å²) in [5.74, 6) is -1.26. The van der Waals surface area contributed by atoms with Crippen molar-refractivity contribution in [2.45, 2.75) is 19.4 Å². The fourth-order valence-electron chi connectivity index (χ4n) is 2.73. The van der Waals surface area contributed by atoms with Crippen molar-refractivity contribution in [1.82, 2.24) is 4.98 Å². The van der Waals surface area contributed by atoms with E-state index in [9.17, 15) is 9.18 Å². The summed E-state index contributed by atoms with van der Waals surface area (Å²) < 4.78 is 14.6. The Morgan fingerprint density at radius 3 is 2.76 bits per heavy atom. The second-order valence-electron chi connectivity index (χ2n) is 6.23. The van der Waals surface area contributed by atoms with Crippen molar-refractivity contribution in [2.24, 2.45) is 16.6 Å². The van der Waals surface area contributed by atoms with Gasteiger partial charge in [-0.1, -0.05) is 13.0 Å². The van der Waals surface area contributed by atoms with Gasteiger partial charge in [-0.3, -0.25) is 10.2 Å². The predicted molar refractivity (Wildman–Crippen MR) is 115 cm³/mol. The van der Waals surface area contributed by atoms with Crippen LogP contribution >= 0.6 is 0 Å². The molecule has 10 heteroatoms. The zero-order chi connectivity index (χ0) is 21.4. The van der Waals surface area contributed by atoms with Crippen LogP contribution in [0.1, 0.15) is 23.7 Å². The number of primary amides is 1. The lowest BCUT2D eigenvalue weighted by atomic mass is 10.1. The number of hydrazone groups is 1. The highest BCUT2D eigenvalue weighted by atomic mass is 19.1. The second kappa shape index (κ2) is 10.1. The maximum absolute atomic E-state index is 14.6. The van der Waals surface area contributed by atoms with Gasteiger partial charge in [-0.15, -0.1) is 0 Å². The molecule has 0 aliphatic rings. The van der Waals surface area contributed by atoms with Crippen molar-refractivity contribution in [3.8, 4) is 0 Å². The third-order valence-electron chi connectivity index (χ3n) is 4.32. The van der Waals surface area contributed by atoms with Crippen molar-refractivity contribution in [1.29, 1.82) is 5.41 Å². The summed E-state index contributed by atoms with van der Waals surface area (Å²) in [6.07, 6.45) is 3.04. The lowest BCUT2D eigenvalue weighted by molar-refractivity contribution is 0.100. The molecule has 0 bridgehead atoms. The molecule has 0 radical (unpaired) electrons. The van der Waals surface area contributed by atoms with Crippen LogP contribution in [0.4, 0.5) is 27.4 Å². The minimum absolute atomic E-state index is 0.0689. The number of nitrogens with one attached hydrogen (secondary N) is 3. The highest BCUT2D eigenvalue weighted by molar-refractivity contribution is 6.14. The summed E-state index contributed by atoms with van der Waals surface area (Å²) in [5, 5.41) is 13.8. The monoisotopic (exact) mass is 400 g/mol. The van der Waals surface area contributed by atoms with Gasteiger partial charge in [0.05, 0.1) is 17.5 Å². The molecule has 0 unspecified atom stereocenters. The largest absolute Gasteiger partial charge is 0.365 e. The van der Waals surface area contributed by atoms with Crippen LogP contribution in [-0.4, -0.2) is 43.0 Å². The molecule has 1 aromatic carbocycles. The number of carbonyl (C=O) groups is 1. The van der Waals surface area contributed by atoms with Crippen LogP contribution in [0, 0.1) is 11.2 Å². The maximum atomic E-state index is 14.6. The van der Waals surface area contributed by atoms with Gasteiger partial charge >= 0.3 is 0 Å². The summed E-state index contributed by atoms with van der Waals surface area (Å²) in [7, 11) is 1.70. The van der Waals surface area contributed by atoms with Gasteiger partial charge in [0.15, 0.2) is 11.6 Å². The van der Waals surface area contributed by atoms with Crippen LogP contribution in [0.25, 0.3) is 0 Å². The number of aromatic nitrogens is 1. The standard InChI is InChI=1S/C19H25FN8O/c1-3-14(11-22)28(2)19-16(20)10-15(17(23)29)18(26-19)25-12-5-4-6-13(9-12)27-24-8-7-21/h4-10,14,21,27H,3,11,22H2,1-2H3,(H2,23,29)(H,25,26)/b21-7?,24-8-/t14-/m1/s1. The minimum Gasteiger partial charge on any atom is -0.365 e. The number of rotatable bonds is 10. The average molecular weight is 400 g/mol. The third kappa shape index (κ3) is 5.48. The number of amides is 1. The fraction of sp³-hybridized carbons (Fsp3) is 0.263. The molecule has 1 aromatic heterocycles. The molecule has 0 saturated carbocycles. The quantitative estimate of drug-likeness (QED) is 0.305. The molecule has 2 aromatic rings. The summed E-state index contributed by atoms with van der Waals surface area (Å²) in [6.45, 7) is 2.28. The van der Waals surface area contributed by atoms with Gasteiger partial charge < -0.3 is 27.1 Å². The number of carbonyl (C=O) groups excluding carboxylic acids is 1. The molecular formula is C19H25FN8O. The Morgan fingerprint density at radius 1 is 1.41 bits per heavy atom. The molecule has 1 heterocycles. The highest BCUT2D eigenvalue weighted by Crippen LogP contribution is 2.27. The molecule has 2 rings (SSSR count). The van der Waals surface area contributed by atoms with Gasteiger partial charge in [0.2, 0.25) is 0 Å². The Balaban J connectivity index is 2.41. The van der Waals surface area contributed by atoms with Gasteiger partial charge in [-0.25, -0.2) is 9.37 Å². The number of halogens is 1. The number of nitrogens with two attached hydrogens (primary N) is 2. The first kappa shape index (κ1) is 21.8. The summed E-state index contributed by atoms with van der Waals surface area (Å²) in [5.41, 5.74) is 15.1. The van der Waals surface area contributed by atoms with Gasteiger partial charge in [-0.05, 0) is 30.7 Å². The van der Waals surface area contributed by atoms with E-state index in [1.54, 1.807) is 36.2 Å². The molecule has 1 amide bonds. The van der Waals surface area contributed by atoms with Crippen LogP contribution in [0.2, 0.25) is 0 Å². The number of benzene rings is 1. The molecule has 9 nitrogen and oxygen atoms in total. The zero-order valence-corrected chi connectivity index (χ0v) is 16.3. The molecule has 0 saturated heterocycles. The summed E-state index contributed by atoms with van der Waals surface area (Å²) in [6, 6.07) is 7.96. The van der Waals surface area contributed by atoms with Crippen LogP contribution in [0.15, 0.2) is 35.4 Å². The van der Waals surface area contributed by atoms with Gasteiger partial charge in [0.25, 0.3) is 5.91 Å². The van der Waals surface area contributed by atoms with E-state index in [1.165, 1.54) is 6.21 Å². The van der Waals surface area contributed by atoms with E-state index in [0.717, 1.165) is 12.3 Å². The molecule has 0 aliphatic carbocycles. The molecule has 29 heavy (non-hydrogen) atoms. The number of hydrogen-bond donors (Lipinski definition) is 5.